The second-order valence-electron chi connectivity index (χ2n) is 4.66. The highest BCUT2D eigenvalue weighted by Gasteiger charge is 2.20. The van der Waals surface area contributed by atoms with Crippen LogP contribution >= 0.6 is 0 Å². The maximum Gasteiger partial charge on any atom is 0.134 e. The van der Waals surface area contributed by atoms with Crippen molar-refractivity contribution >= 4 is 11.5 Å². The molecule has 0 spiro atoms. The molecule has 0 N–H and O–H groups in total. The molecule has 2 rings (SSSR count). The van der Waals surface area contributed by atoms with E-state index in [9.17, 15) is 4.79 Å². The van der Waals surface area contributed by atoms with Gasteiger partial charge in [0.2, 0.25) is 0 Å². The Morgan fingerprint density at radius 2 is 2.24 bits per heavy atom. The number of ether oxygens (including phenoxy) is 1. The number of ketones is 1. The van der Waals surface area contributed by atoms with Gasteiger partial charge >= 0.3 is 0 Å². The Kier molecular flexibility index (Phi) is 3.36. The predicted octanol–water partition coefficient (Wildman–Crippen LogP) is 2.21. The maximum atomic E-state index is 11.2. The highest BCUT2D eigenvalue weighted by Crippen LogP contribution is 2.36. The van der Waals surface area contributed by atoms with Gasteiger partial charge in [-0.15, -0.1) is 0 Å². The first kappa shape index (κ1) is 12.0. The van der Waals surface area contributed by atoms with E-state index in [0.717, 1.165) is 30.7 Å². The summed E-state index contributed by atoms with van der Waals surface area (Å²) in [6, 6.07) is 4.12. The first-order valence-corrected chi connectivity index (χ1v) is 6.02. The number of Topliss-reactive ketones (excluding diaryl/α,β-unsaturated/α-hetero) is 1. The lowest BCUT2D eigenvalue weighted by atomic mass is 9.96. The summed E-state index contributed by atoms with van der Waals surface area (Å²) in [5.74, 6) is 1.08. The fraction of sp³-hybridized carbons (Fsp3) is 0.500. The van der Waals surface area contributed by atoms with E-state index < -0.39 is 0 Å². The average Bonchev–Trinajstić information content (AvgIpc) is 2.28. The third-order valence-electron chi connectivity index (χ3n) is 3.29. The van der Waals surface area contributed by atoms with Crippen LogP contribution in [-0.4, -0.2) is 26.5 Å². The van der Waals surface area contributed by atoms with Gasteiger partial charge in [-0.2, -0.15) is 0 Å². The first-order chi connectivity index (χ1) is 8.13. The molecule has 1 aromatic rings. The van der Waals surface area contributed by atoms with Crippen molar-refractivity contribution in [1.82, 2.24) is 0 Å². The minimum Gasteiger partial charge on any atom is -0.496 e. The molecule has 1 aliphatic rings. The number of hydrogen-bond donors (Lipinski definition) is 0. The molecule has 0 bridgehead atoms. The summed E-state index contributed by atoms with van der Waals surface area (Å²) in [5, 5.41) is 0. The van der Waals surface area contributed by atoms with Gasteiger partial charge in [-0.25, -0.2) is 0 Å². The van der Waals surface area contributed by atoms with Crippen LogP contribution in [0.25, 0.3) is 0 Å². The normalized spacial score (nSPS) is 14.4. The van der Waals surface area contributed by atoms with Crippen molar-refractivity contribution in [1.29, 1.82) is 0 Å². The molecule has 92 valence electrons. The summed E-state index contributed by atoms with van der Waals surface area (Å²) < 4.78 is 5.51. The molecule has 0 aromatic heterocycles. The number of carbonyl (C=O) groups is 1. The van der Waals surface area contributed by atoms with Gasteiger partial charge < -0.3 is 9.64 Å². The van der Waals surface area contributed by atoms with E-state index in [1.54, 1.807) is 14.0 Å². The van der Waals surface area contributed by atoms with Gasteiger partial charge in [-0.1, -0.05) is 6.07 Å². The molecule has 3 heteroatoms. The quantitative estimate of drug-likeness (QED) is 0.801. The van der Waals surface area contributed by atoms with Gasteiger partial charge in [0.1, 0.15) is 11.5 Å². The summed E-state index contributed by atoms with van der Waals surface area (Å²) in [6.07, 6.45) is 2.64. The molecule has 0 atom stereocenters. The fourth-order valence-electron chi connectivity index (χ4n) is 2.54. The zero-order chi connectivity index (χ0) is 12.4. The first-order valence-electron chi connectivity index (χ1n) is 6.02. The molecular formula is C14H19NO2. The maximum absolute atomic E-state index is 11.2. The molecule has 0 saturated heterocycles. The van der Waals surface area contributed by atoms with Gasteiger partial charge in [0.25, 0.3) is 0 Å². The Morgan fingerprint density at radius 3 is 2.88 bits per heavy atom. The van der Waals surface area contributed by atoms with E-state index in [0.29, 0.717) is 6.42 Å². The highest BCUT2D eigenvalue weighted by atomic mass is 16.5. The van der Waals surface area contributed by atoms with Crippen LogP contribution < -0.4 is 9.64 Å². The number of carbonyl (C=O) groups excluding carboxylic acids is 1. The lowest BCUT2D eigenvalue weighted by Gasteiger charge is -2.29. The summed E-state index contributed by atoms with van der Waals surface area (Å²) in [6.45, 7) is 2.70. The number of nitrogens with zero attached hydrogens (tertiary/aromatic N) is 1. The summed E-state index contributed by atoms with van der Waals surface area (Å²) in [4.78, 5) is 13.5. The Morgan fingerprint density at radius 1 is 1.47 bits per heavy atom. The molecule has 17 heavy (non-hydrogen) atoms. The highest BCUT2D eigenvalue weighted by molar-refractivity contribution is 5.80. The Labute approximate surface area is 102 Å². The molecule has 0 amide bonds. The SMILES string of the molecule is COc1c(CC(C)=O)ccc2c1CCCN2C. The zero-order valence-corrected chi connectivity index (χ0v) is 10.7. The fourth-order valence-corrected chi connectivity index (χ4v) is 2.54. The second-order valence-corrected chi connectivity index (χ2v) is 4.66. The van der Waals surface area contributed by atoms with E-state index in [4.69, 9.17) is 4.74 Å². The average molecular weight is 233 g/mol. The third-order valence-corrected chi connectivity index (χ3v) is 3.29. The van der Waals surface area contributed by atoms with Crippen molar-refractivity contribution in [3.8, 4) is 5.75 Å². The van der Waals surface area contributed by atoms with Crippen molar-refractivity contribution in [2.24, 2.45) is 0 Å². The zero-order valence-electron chi connectivity index (χ0n) is 10.7. The van der Waals surface area contributed by atoms with E-state index in [1.807, 2.05) is 6.07 Å². The molecule has 0 aliphatic carbocycles. The summed E-state index contributed by atoms with van der Waals surface area (Å²) in [5.41, 5.74) is 3.49. The molecule has 1 aliphatic heterocycles. The van der Waals surface area contributed by atoms with Crippen LogP contribution in [0.3, 0.4) is 0 Å². The lowest BCUT2D eigenvalue weighted by molar-refractivity contribution is -0.116. The van der Waals surface area contributed by atoms with E-state index in [1.165, 1.54) is 11.3 Å². The molecule has 0 unspecified atom stereocenters. The van der Waals surface area contributed by atoms with Crippen molar-refractivity contribution in [3.63, 3.8) is 0 Å². The Bertz CT molecular complexity index is 440. The molecule has 1 heterocycles. The van der Waals surface area contributed by atoms with E-state index in [-0.39, 0.29) is 5.78 Å². The summed E-state index contributed by atoms with van der Waals surface area (Å²) in [7, 11) is 3.79. The minimum atomic E-state index is 0.174. The van der Waals surface area contributed by atoms with Crippen LogP contribution in [0.5, 0.6) is 5.75 Å². The van der Waals surface area contributed by atoms with Crippen LogP contribution in [0, 0.1) is 0 Å². The number of hydrogen-bond acceptors (Lipinski definition) is 3. The summed E-state index contributed by atoms with van der Waals surface area (Å²) >= 11 is 0. The van der Waals surface area contributed by atoms with Crippen LogP contribution in [-0.2, 0) is 17.6 Å². The van der Waals surface area contributed by atoms with Crippen LogP contribution in [0.1, 0.15) is 24.5 Å². The van der Waals surface area contributed by atoms with E-state index >= 15 is 0 Å². The second kappa shape index (κ2) is 4.78. The Hall–Kier alpha value is -1.51. The monoisotopic (exact) mass is 233 g/mol. The van der Waals surface area contributed by atoms with Crippen LogP contribution in [0.15, 0.2) is 12.1 Å². The predicted molar refractivity (Wildman–Crippen MR) is 69.0 cm³/mol. The number of anilines is 1. The smallest absolute Gasteiger partial charge is 0.134 e. The van der Waals surface area contributed by atoms with Gasteiger partial charge in [0.05, 0.1) is 7.11 Å². The van der Waals surface area contributed by atoms with Gasteiger partial charge in [0.15, 0.2) is 0 Å². The van der Waals surface area contributed by atoms with Gasteiger partial charge in [-0.3, -0.25) is 4.79 Å². The van der Waals surface area contributed by atoms with Gasteiger partial charge in [0, 0.05) is 36.8 Å². The molecule has 0 fully saturated rings. The lowest BCUT2D eigenvalue weighted by Crippen LogP contribution is -2.25. The van der Waals surface area contributed by atoms with Crippen molar-refractivity contribution in [2.75, 3.05) is 25.6 Å². The molecule has 3 nitrogen and oxygen atoms in total. The Balaban J connectivity index is 2.47. The minimum absolute atomic E-state index is 0.174. The van der Waals surface area contributed by atoms with Crippen LogP contribution in [0.4, 0.5) is 5.69 Å². The van der Waals surface area contributed by atoms with Crippen molar-refractivity contribution in [2.45, 2.75) is 26.2 Å². The number of benzene rings is 1. The molecule has 0 saturated carbocycles. The third kappa shape index (κ3) is 2.28. The van der Waals surface area contributed by atoms with Crippen molar-refractivity contribution < 1.29 is 9.53 Å². The molecule has 1 aromatic carbocycles. The van der Waals surface area contributed by atoms with Crippen LogP contribution in [0.2, 0.25) is 0 Å². The number of fused-ring (bicyclic) bond motifs is 1. The number of methoxy groups -OCH3 is 1. The molecule has 0 radical (unpaired) electrons. The van der Waals surface area contributed by atoms with E-state index in [2.05, 4.69) is 18.0 Å². The van der Waals surface area contributed by atoms with Crippen molar-refractivity contribution in [3.05, 3.63) is 23.3 Å². The standard InChI is InChI=1S/C14H19NO2/c1-10(16)9-11-6-7-13-12(14(11)17-3)5-4-8-15(13)2/h6-7H,4-5,8-9H2,1-3H3. The largest absolute Gasteiger partial charge is 0.496 e. The topological polar surface area (TPSA) is 29.5 Å². The molecular weight excluding hydrogens is 214 g/mol. The van der Waals surface area contributed by atoms with Gasteiger partial charge in [-0.05, 0) is 25.8 Å². The number of rotatable bonds is 3.